The summed E-state index contributed by atoms with van der Waals surface area (Å²) in [6.07, 6.45) is 0.811. The van der Waals surface area contributed by atoms with Crippen LogP contribution in [-0.4, -0.2) is 28.1 Å². The van der Waals surface area contributed by atoms with E-state index in [4.69, 9.17) is 0 Å². The fourth-order valence-corrected chi connectivity index (χ4v) is 3.66. The van der Waals surface area contributed by atoms with E-state index in [-0.39, 0.29) is 18.0 Å². The SMILES string of the molecule is CCCNC(=O)Cn1nc2c(c1NC(=O)c1ccc(F)cc1F)CSC2. The van der Waals surface area contributed by atoms with Crippen molar-refractivity contribution >= 4 is 29.4 Å². The molecule has 0 spiro atoms. The first kappa shape index (κ1) is 18.4. The molecule has 2 amide bonds. The lowest BCUT2D eigenvalue weighted by Crippen LogP contribution is -2.29. The minimum absolute atomic E-state index is 0.0425. The average molecular weight is 380 g/mol. The molecule has 0 saturated carbocycles. The molecule has 0 saturated heterocycles. The van der Waals surface area contributed by atoms with Crippen molar-refractivity contribution in [1.29, 1.82) is 0 Å². The van der Waals surface area contributed by atoms with Crippen molar-refractivity contribution < 1.29 is 18.4 Å². The predicted molar refractivity (Wildman–Crippen MR) is 94.8 cm³/mol. The zero-order valence-electron chi connectivity index (χ0n) is 14.1. The van der Waals surface area contributed by atoms with Gasteiger partial charge >= 0.3 is 0 Å². The van der Waals surface area contributed by atoms with Crippen LogP contribution in [0.4, 0.5) is 14.6 Å². The summed E-state index contributed by atoms with van der Waals surface area (Å²) in [6.45, 7) is 2.46. The van der Waals surface area contributed by atoms with Gasteiger partial charge in [0.1, 0.15) is 24.0 Å². The van der Waals surface area contributed by atoms with Crippen molar-refractivity contribution in [3.8, 4) is 0 Å². The van der Waals surface area contributed by atoms with Crippen LogP contribution in [-0.2, 0) is 22.8 Å². The highest BCUT2D eigenvalue weighted by Gasteiger charge is 2.25. The monoisotopic (exact) mass is 380 g/mol. The van der Waals surface area contributed by atoms with Crippen LogP contribution >= 0.6 is 11.8 Å². The number of hydrogen-bond donors (Lipinski definition) is 2. The predicted octanol–water partition coefficient (Wildman–Crippen LogP) is 2.69. The Balaban J connectivity index is 1.84. The van der Waals surface area contributed by atoms with Gasteiger partial charge in [0.05, 0.1) is 11.3 Å². The number of thioether (sulfide) groups is 1. The first-order chi connectivity index (χ1) is 12.5. The molecule has 1 aromatic carbocycles. The normalized spacial score (nSPS) is 12.7. The van der Waals surface area contributed by atoms with E-state index in [1.54, 1.807) is 11.8 Å². The van der Waals surface area contributed by atoms with Crippen LogP contribution in [0.1, 0.15) is 35.0 Å². The lowest BCUT2D eigenvalue weighted by atomic mass is 10.2. The first-order valence-electron chi connectivity index (χ1n) is 8.19. The van der Waals surface area contributed by atoms with E-state index in [0.29, 0.717) is 29.9 Å². The van der Waals surface area contributed by atoms with Crippen LogP contribution in [0.5, 0.6) is 0 Å². The molecule has 2 aromatic rings. The highest BCUT2D eigenvalue weighted by Crippen LogP contribution is 2.35. The van der Waals surface area contributed by atoms with Crippen LogP contribution < -0.4 is 10.6 Å². The number of fused-ring (bicyclic) bond motifs is 1. The van der Waals surface area contributed by atoms with Gasteiger partial charge in [0, 0.05) is 29.7 Å². The number of carbonyl (C=O) groups excluding carboxylic acids is 2. The maximum absolute atomic E-state index is 13.9. The number of nitrogens with zero attached hydrogens (tertiary/aromatic N) is 2. The van der Waals surface area contributed by atoms with Crippen LogP contribution in [0.15, 0.2) is 18.2 Å². The van der Waals surface area contributed by atoms with Gasteiger partial charge in [0.2, 0.25) is 5.91 Å². The Bertz CT molecular complexity index is 854. The van der Waals surface area contributed by atoms with Gasteiger partial charge in [-0.25, -0.2) is 13.5 Å². The number of benzene rings is 1. The molecule has 0 atom stereocenters. The van der Waals surface area contributed by atoms with E-state index in [9.17, 15) is 18.4 Å². The Morgan fingerprint density at radius 2 is 2.12 bits per heavy atom. The number of hydrogen-bond acceptors (Lipinski definition) is 4. The average Bonchev–Trinajstić information content (AvgIpc) is 3.16. The second kappa shape index (κ2) is 7.86. The minimum atomic E-state index is -0.944. The van der Waals surface area contributed by atoms with Gasteiger partial charge < -0.3 is 10.6 Å². The maximum Gasteiger partial charge on any atom is 0.259 e. The number of rotatable bonds is 6. The summed E-state index contributed by atoms with van der Waals surface area (Å²) < 4.78 is 28.3. The molecule has 3 rings (SSSR count). The number of aromatic nitrogens is 2. The van der Waals surface area contributed by atoms with E-state index in [2.05, 4.69) is 15.7 Å². The maximum atomic E-state index is 13.9. The van der Waals surface area contributed by atoms with Crippen molar-refractivity contribution in [3.63, 3.8) is 0 Å². The number of anilines is 1. The minimum Gasteiger partial charge on any atom is -0.355 e. The summed E-state index contributed by atoms with van der Waals surface area (Å²) in [6, 6.07) is 2.77. The standard InChI is InChI=1S/C17H18F2N4O2S/c1-2-5-20-15(24)7-23-16(12-8-26-9-14(12)22-23)21-17(25)11-4-3-10(18)6-13(11)19/h3-4,6H,2,5,7-9H2,1H3,(H,20,24)(H,21,25). The first-order valence-corrected chi connectivity index (χ1v) is 9.34. The quantitative estimate of drug-likeness (QED) is 0.808. The molecule has 0 unspecified atom stereocenters. The van der Waals surface area contributed by atoms with Gasteiger partial charge in [-0.05, 0) is 18.6 Å². The van der Waals surface area contributed by atoms with Crippen LogP contribution in [0.3, 0.4) is 0 Å². The number of carbonyl (C=O) groups is 2. The fraction of sp³-hybridized carbons (Fsp3) is 0.353. The molecule has 2 heterocycles. The van der Waals surface area contributed by atoms with Gasteiger partial charge in [0.15, 0.2) is 0 Å². The van der Waals surface area contributed by atoms with Crippen molar-refractivity contribution in [2.24, 2.45) is 0 Å². The summed E-state index contributed by atoms with van der Waals surface area (Å²) in [4.78, 5) is 24.4. The lowest BCUT2D eigenvalue weighted by molar-refractivity contribution is -0.121. The second-order valence-corrected chi connectivity index (χ2v) is 6.84. The van der Waals surface area contributed by atoms with Crippen molar-refractivity contribution in [2.45, 2.75) is 31.4 Å². The Kier molecular flexibility index (Phi) is 5.55. The summed E-state index contributed by atoms with van der Waals surface area (Å²) in [5.74, 6) is -0.916. The molecule has 9 heteroatoms. The highest BCUT2D eigenvalue weighted by molar-refractivity contribution is 7.98. The van der Waals surface area contributed by atoms with E-state index < -0.39 is 17.5 Å². The van der Waals surface area contributed by atoms with Crippen LogP contribution in [0.25, 0.3) is 0 Å². The molecular formula is C17H18F2N4O2S. The third kappa shape index (κ3) is 3.87. The molecule has 26 heavy (non-hydrogen) atoms. The third-order valence-electron chi connectivity index (χ3n) is 3.89. The van der Waals surface area contributed by atoms with Gasteiger partial charge in [-0.3, -0.25) is 9.59 Å². The summed E-state index contributed by atoms with van der Waals surface area (Å²) in [7, 11) is 0. The van der Waals surface area contributed by atoms with E-state index in [1.807, 2.05) is 6.92 Å². The molecule has 6 nitrogen and oxygen atoms in total. The lowest BCUT2D eigenvalue weighted by Gasteiger charge is -2.11. The van der Waals surface area contributed by atoms with E-state index >= 15 is 0 Å². The molecule has 138 valence electrons. The number of amides is 2. The molecule has 0 aliphatic carbocycles. The summed E-state index contributed by atoms with van der Waals surface area (Å²) in [5, 5.41) is 9.78. The molecule has 0 radical (unpaired) electrons. The Labute approximate surface area is 153 Å². The van der Waals surface area contributed by atoms with Crippen molar-refractivity contribution in [1.82, 2.24) is 15.1 Å². The molecule has 0 bridgehead atoms. The highest BCUT2D eigenvalue weighted by atomic mass is 32.2. The molecular weight excluding hydrogens is 362 g/mol. The topological polar surface area (TPSA) is 76.0 Å². The largest absolute Gasteiger partial charge is 0.355 e. The number of nitrogens with one attached hydrogen (secondary N) is 2. The summed E-state index contributed by atoms with van der Waals surface area (Å²) >= 11 is 1.64. The molecule has 1 aliphatic heterocycles. The van der Waals surface area contributed by atoms with Gasteiger partial charge in [-0.2, -0.15) is 16.9 Å². The van der Waals surface area contributed by atoms with Crippen LogP contribution in [0.2, 0.25) is 0 Å². The zero-order valence-corrected chi connectivity index (χ0v) is 15.0. The van der Waals surface area contributed by atoms with Gasteiger partial charge in [-0.15, -0.1) is 0 Å². The van der Waals surface area contributed by atoms with Crippen molar-refractivity contribution in [3.05, 3.63) is 46.7 Å². The molecule has 2 N–H and O–H groups in total. The molecule has 0 fully saturated rings. The van der Waals surface area contributed by atoms with E-state index in [1.165, 1.54) is 4.68 Å². The molecule has 1 aliphatic rings. The van der Waals surface area contributed by atoms with Crippen LogP contribution in [0, 0.1) is 11.6 Å². The second-order valence-electron chi connectivity index (χ2n) is 5.85. The van der Waals surface area contributed by atoms with E-state index in [0.717, 1.165) is 29.8 Å². The number of halogens is 2. The van der Waals surface area contributed by atoms with Gasteiger partial charge in [-0.1, -0.05) is 6.92 Å². The van der Waals surface area contributed by atoms with Crippen molar-refractivity contribution in [2.75, 3.05) is 11.9 Å². The smallest absolute Gasteiger partial charge is 0.259 e. The Morgan fingerprint density at radius 3 is 2.85 bits per heavy atom. The summed E-state index contributed by atoms with van der Waals surface area (Å²) in [5.41, 5.74) is 1.36. The third-order valence-corrected chi connectivity index (χ3v) is 4.86. The zero-order chi connectivity index (χ0) is 18.7. The Hall–Kier alpha value is -2.42. The Morgan fingerprint density at radius 1 is 1.31 bits per heavy atom. The molecule has 1 aromatic heterocycles. The van der Waals surface area contributed by atoms with Gasteiger partial charge in [0.25, 0.3) is 5.91 Å². The fourth-order valence-electron chi connectivity index (χ4n) is 2.63.